The van der Waals surface area contributed by atoms with E-state index in [0.717, 1.165) is 17.0 Å². The second-order valence-corrected chi connectivity index (χ2v) is 6.77. The van der Waals surface area contributed by atoms with Crippen LogP contribution in [0.2, 0.25) is 0 Å². The minimum atomic E-state index is -0.0657. The second-order valence-electron chi connectivity index (χ2n) is 6.77. The summed E-state index contributed by atoms with van der Waals surface area (Å²) in [5.74, 6) is 1.44. The molecule has 0 saturated carbocycles. The Morgan fingerprint density at radius 2 is 1.90 bits per heavy atom. The highest BCUT2D eigenvalue weighted by molar-refractivity contribution is 5.81. The fraction of sp³-hybridized carbons (Fsp3) is 0.429. The lowest BCUT2D eigenvalue weighted by Crippen LogP contribution is -2.43. The topological polar surface area (TPSA) is 98.2 Å². The number of amides is 1. The van der Waals surface area contributed by atoms with Crippen molar-refractivity contribution in [1.29, 1.82) is 0 Å². The first kappa shape index (κ1) is 21.5. The average Bonchev–Trinajstić information content (AvgIpc) is 2.73. The zero-order valence-electron chi connectivity index (χ0n) is 17.6. The number of rotatable bonds is 8. The molecule has 1 aromatic heterocycles. The van der Waals surface area contributed by atoms with Gasteiger partial charge in [-0.2, -0.15) is 5.10 Å². The van der Waals surface area contributed by atoms with Crippen molar-refractivity contribution in [3.8, 4) is 11.5 Å². The molecule has 0 bridgehead atoms. The van der Waals surface area contributed by atoms with E-state index in [2.05, 4.69) is 20.5 Å². The predicted molar refractivity (Wildman–Crippen MR) is 113 cm³/mol. The Kier molecular flexibility index (Phi) is 7.56. The van der Waals surface area contributed by atoms with Gasteiger partial charge in [0.2, 0.25) is 5.95 Å². The van der Waals surface area contributed by atoms with Crippen LogP contribution in [-0.2, 0) is 9.53 Å². The number of carbonyl (C=O) groups excluding carboxylic acids is 1. The maximum absolute atomic E-state index is 12.3. The Morgan fingerprint density at radius 1 is 1.17 bits per heavy atom. The minimum absolute atomic E-state index is 0.0425. The molecule has 1 saturated heterocycles. The lowest BCUT2D eigenvalue weighted by atomic mass is 10.2. The molecule has 9 nitrogen and oxygen atoms in total. The molecule has 30 heavy (non-hydrogen) atoms. The standard InChI is InChI=1S/C21H27N5O4/c1-4-29-19-12-17(13-22-25-21-23-15(2)11-16(3)24-21)5-6-18(19)30-14-20(27)26-7-9-28-10-8-26/h5-6,11-13H,4,7-10,14H2,1-3H3,(H,23,24,25)/b22-13+. The van der Waals surface area contributed by atoms with Crippen LogP contribution >= 0.6 is 0 Å². The van der Waals surface area contributed by atoms with Crippen LogP contribution in [0.4, 0.5) is 5.95 Å². The van der Waals surface area contributed by atoms with Crippen molar-refractivity contribution in [2.24, 2.45) is 5.10 Å². The fourth-order valence-corrected chi connectivity index (χ4v) is 2.98. The van der Waals surface area contributed by atoms with Crippen LogP contribution in [0.15, 0.2) is 29.4 Å². The van der Waals surface area contributed by atoms with Gasteiger partial charge in [-0.25, -0.2) is 15.4 Å². The first-order chi connectivity index (χ1) is 14.5. The molecule has 0 spiro atoms. The largest absolute Gasteiger partial charge is 0.490 e. The van der Waals surface area contributed by atoms with Crippen LogP contribution in [-0.4, -0.2) is 66.5 Å². The van der Waals surface area contributed by atoms with Gasteiger partial charge in [-0.15, -0.1) is 0 Å². The van der Waals surface area contributed by atoms with Crippen LogP contribution in [0.1, 0.15) is 23.9 Å². The number of morpholine rings is 1. The van der Waals surface area contributed by atoms with E-state index in [1.807, 2.05) is 39.0 Å². The van der Waals surface area contributed by atoms with E-state index in [1.165, 1.54) is 0 Å². The van der Waals surface area contributed by atoms with Crippen molar-refractivity contribution in [1.82, 2.24) is 14.9 Å². The van der Waals surface area contributed by atoms with Gasteiger partial charge in [-0.1, -0.05) is 0 Å². The first-order valence-corrected chi connectivity index (χ1v) is 9.91. The van der Waals surface area contributed by atoms with E-state index in [4.69, 9.17) is 14.2 Å². The van der Waals surface area contributed by atoms with E-state index in [0.29, 0.717) is 50.4 Å². The molecule has 0 aliphatic carbocycles. The number of aryl methyl sites for hydroxylation is 2. The number of aromatic nitrogens is 2. The number of anilines is 1. The molecule has 9 heteroatoms. The predicted octanol–water partition coefficient (Wildman–Crippen LogP) is 2.18. The van der Waals surface area contributed by atoms with Crippen LogP contribution in [0.3, 0.4) is 0 Å². The summed E-state index contributed by atoms with van der Waals surface area (Å²) < 4.78 is 16.7. The Labute approximate surface area is 176 Å². The molecule has 1 N–H and O–H groups in total. The molecular weight excluding hydrogens is 386 g/mol. The fourth-order valence-electron chi connectivity index (χ4n) is 2.98. The number of hydrazone groups is 1. The smallest absolute Gasteiger partial charge is 0.260 e. The second kappa shape index (κ2) is 10.5. The monoisotopic (exact) mass is 413 g/mol. The zero-order chi connectivity index (χ0) is 21.3. The number of hydrogen-bond donors (Lipinski definition) is 1. The summed E-state index contributed by atoms with van der Waals surface area (Å²) >= 11 is 0. The molecule has 3 rings (SSSR count). The summed E-state index contributed by atoms with van der Waals surface area (Å²) in [6.07, 6.45) is 1.65. The van der Waals surface area contributed by atoms with Crippen LogP contribution in [0, 0.1) is 13.8 Å². The van der Waals surface area contributed by atoms with E-state index < -0.39 is 0 Å². The van der Waals surface area contributed by atoms with Gasteiger partial charge in [0.1, 0.15) is 0 Å². The third kappa shape index (κ3) is 6.15. The highest BCUT2D eigenvalue weighted by Gasteiger charge is 2.18. The third-order valence-corrected chi connectivity index (χ3v) is 4.34. The summed E-state index contributed by atoms with van der Waals surface area (Å²) in [4.78, 5) is 22.6. The quantitative estimate of drug-likeness (QED) is 0.523. The molecule has 1 fully saturated rings. The van der Waals surface area contributed by atoms with Crippen LogP contribution in [0.25, 0.3) is 0 Å². The molecule has 2 aromatic rings. The Morgan fingerprint density at radius 3 is 2.60 bits per heavy atom. The molecule has 160 valence electrons. The van der Waals surface area contributed by atoms with Gasteiger partial charge in [-0.05, 0) is 50.6 Å². The van der Waals surface area contributed by atoms with E-state index >= 15 is 0 Å². The van der Waals surface area contributed by atoms with Crippen LogP contribution < -0.4 is 14.9 Å². The normalized spacial score (nSPS) is 14.0. The summed E-state index contributed by atoms with van der Waals surface area (Å²) in [6.45, 7) is 8.43. The SMILES string of the molecule is CCOc1cc(/C=N/Nc2nc(C)cc(C)n2)ccc1OCC(=O)N1CCOCC1. The third-order valence-electron chi connectivity index (χ3n) is 4.34. The van der Waals surface area contributed by atoms with Crippen LogP contribution in [0.5, 0.6) is 11.5 Å². The van der Waals surface area contributed by atoms with Crippen molar-refractivity contribution in [2.45, 2.75) is 20.8 Å². The molecule has 1 aromatic carbocycles. The molecule has 1 aliphatic heterocycles. The summed E-state index contributed by atoms with van der Waals surface area (Å²) in [5, 5.41) is 4.19. The summed E-state index contributed by atoms with van der Waals surface area (Å²) in [6, 6.07) is 7.31. The number of ether oxygens (including phenoxy) is 3. The highest BCUT2D eigenvalue weighted by Crippen LogP contribution is 2.28. The van der Waals surface area contributed by atoms with Gasteiger partial charge in [0.15, 0.2) is 18.1 Å². The van der Waals surface area contributed by atoms with Gasteiger partial charge in [-0.3, -0.25) is 4.79 Å². The zero-order valence-corrected chi connectivity index (χ0v) is 17.6. The molecular formula is C21H27N5O4. The van der Waals surface area contributed by atoms with Gasteiger partial charge in [0.05, 0.1) is 26.0 Å². The maximum atomic E-state index is 12.3. The molecule has 1 amide bonds. The molecule has 1 aliphatic rings. The van der Waals surface area contributed by atoms with Crippen molar-refractivity contribution in [3.63, 3.8) is 0 Å². The Balaban J connectivity index is 1.62. The lowest BCUT2D eigenvalue weighted by molar-refractivity contribution is -0.137. The highest BCUT2D eigenvalue weighted by atomic mass is 16.5. The minimum Gasteiger partial charge on any atom is -0.490 e. The number of nitrogens with zero attached hydrogens (tertiary/aromatic N) is 4. The lowest BCUT2D eigenvalue weighted by Gasteiger charge is -2.26. The van der Waals surface area contributed by atoms with Crippen molar-refractivity contribution in [3.05, 3.63) is 41.2 Å². The number of hydrogen-bond acceptors (Lipinski definition) is 8. The van der Waals surface area contributed by atoms with Gasteiger partial charge in [0, 0.05) is 24.5 Å². The van der Waals surface area contributed by atoms with Crippen molar-refractivity contribution < 1.29 is 19.0 Å². The van der Waals surface area contributed by atoms with E-state index in [9.17, 15) is 4.79 Å². The molecule has 0 unspecified atom stereocenters. The summed E-state index contributed by atoms with van der Waals surface area (Å²) in [7, 11) is 0. The number of nitrogens with one attached hydrogen (secondary N) is 1. The number of carbonyl (C=O) groups is 1. The van der Waals surface area contributed by atoms with Gasteiger partial charge >= 0.3 is 0 Å². The van der Waals surface area contributed by atoms with Gasteiger partial charge in [0.25, 0.3) is 5.91 Å². The van der Waals surface area contributed by atoms with E-state index in [-0.39, 0.29) is 12.5 Å². The number of benzene rings is 1. The average molecular weight is 413 g/mol. The van der Waals surface area contributed by atoms with E-state index in [1.54, 1.807) is 17.2 Å². The van der Waals surface area contributed by atoms with Crippen molar-refractivity contribution in [2.75, 3.05) is 44.9 Å². The molecule has 2 heterocycles. The molecule has 0 radical (unpaired) electrons. The Hall–Kier alpha value is -3.20. The van der Waals surface area contributed by atoms with Crippen molar-refractivity contribution >= 4 is 18.1 Å². The first-order valence-electron chi connectivity index (χ1n) is 9.91. The Bertz CT molecular complexity index is 877. The molecule has 0 atom stereocenters. The maximum Gasteiger partial charge on any atom is 0.260 e. The summed E-state index contributed by atoms with van der Waals surface area (Å²) in [5.41, 5.74) is 5.37. The van der Waals surface area contributed by atoms with Gasteiger partial charge < -0.3 is 19.1 Å².